The van der Waals surface area contributed by atoms with Gasteiger partial charge < -0.3 is 15.7 Å². The monoisotopic (exact) mass is 284 g/mol. The first kappa shape index (κ1) is 16.8. The van der Waals surface area contributed by atoms with Gasteiger partial charge >= 0.3 is 12.0 Å². The molecule has 116 valence electrons. The Bertz CT molecular complexity index is 320. The second kappa shape index (κ2) is 8.82. The van der Waals surface area contributed by atoms with Crippen molar-refractivity contribution in [3.63, 3.8) is 0 Å². The van der Waals surface area contributed by atoms with Gasteiger partial charge in [0.05, 0.1) is 5.92 Å². The molecule has 0 bridgehead atoms. The molecule has 3 atom stereocenters. The Hall–Kier alpha value is -1.26. The van der Waals surface area contributed by atoms with Crippen LogP contribution in [0.4, 0.5) is 4.79 Å². The third kappa shape index (κ3) is 5.80. The van der Waals surface area contributed by atoms with Crippen LogP contribution in [0.5, 0.6) is 0 Å². The fraction of sp³-hybridized carbons (Fsp3) is 0.867. The van der Waals surface area contributed by atoms with E-state index in [1.54, 1.807) is 0 Å². The van der Waals surface area contributed by atoms with Gasteiger partial charge in [0, 0.05) is 12.6 Å². The van der Waals surface area contributed by atoms with Crippen LogP contribution in [0.2, 0.25) is 0 Å². The highest BCUT2D eigenvalue weighted by Gasteiger charge is 2.23. The Labute approximate surface area is 121 Å². The molecule has 0 radical (unpaired) electrons. The molecule has 1 saturated carbocycles. The van der Waals surface area contributed by atoms with Crippen molar-refractivity contribution in [1.82, 2.24) is 10.6 Å². The molecular weight excluding hydrogens is 256 g/mol. The lowest BCUT2D eigenvalue weighted by atomic mass is 9.84. The number of aliphatic carboxylic acids is 1. The van der Waals surface area contributed by atoms with Gasteiger partial charge in [-0.25, -0.2) is 4.79 Å². The van der Waals surface area contributed by atoms with E-state index >= 15 is 0 Å². The number of rotatable bonds is 7. The summed E-state index contributed by atoms with van der Waals surface area (Å²) < 4.78 is 0. The number of carboxylic acid groups (broad SMARTS) is 1. The highest BCUT2D eigenvalue weighted by atomic mass is 16.4. The normalized spacial score (nSPS) is 23.9. The summed E-state index contributed by atoms with van der Waals surface area (Å²) in [7, 11) is 0. The SMILES string of the molecule is CCCC(CNC(=O)NC1CCCC(CC)C1)C(=O)O. The number of nitrogens with one attached hydrogen (secondary N) is 2. The van der Waals surface area contributed by atoms with Gasteiger partial charge in [-0.05, 0) is 25.2 Å². The average Bonchev–Trinajstić information content (AvgIpc) is 2.43. The summed E-state index contributed by atoms with van der Waals surface area (Å²) in [5.74, 6) is -0.614. The number of urea groups is 1. The molecule has 0 saturated heterocycles. The number of carbonyl (C=O) groups excluding carboxylic acids is 1. The van der Waals surface area contributed by atoms with Crippen LogP contribution >= 0.6 is 0 Å². The molecular formula is C15H28N2O3. The fourth-order valence-corrected chi connectivity index (χ4v) is 2.91. The van der Waals surface area contributed by atoms with Gasteiger partial charge in [0.1, 0.15) is 0 Å². The van der Waals surface area contributed by atoms with E-state index in [-0.39, 0.29) is 18.6 Å². The molecule has 1 aliphatic carbocycles. The van der Waals surface area contributed by atoms with E-state index in [2.05, 4.69) is 17.6 Å². The first-order valence-corrected chi connectivity index (χ1v) is 7.83. The smallest absolute Gasteiger partial charge is 0.315 e. The predicted octanol–water partition coefficient (Wildman–Crippen LogP) is 2.76. The zero-order valence-corrected chi connectivity index (χ0v) is 12.7. The van der Waals surface area contributed by atoms with Gasteiger partial charge in [0.2, 0.25) is 0 Å². The average molecular weight is 284 g/mol. The Morgan fingerprint density at radius 3 is 2.65 bits per heavy atom. The predicted molar refractivity (Wildman–Crippen MR) is 78.6 cm³/mol. The van der Waals surface area contributed by atoms with Crippen LogP contribution in [0.25, 0.3) is 0 Å². The van der Waals surface area contributed by atoms with Gasteiger partial charge in [-0.1, -0.05) is 39.5 Å². The first-order valence-electron chi connectivity index (χ1n) is 7.83. The minimum atomic E-state index is -0.837. The summed E-state index contributed by atoms with van der Waals surface area (Å²) in [6, 6.07) is 0.0114. The topological polar surface area (TPSA) is 78.4 Å². The third-order valence-electron chi connectivity index (χ3n) is 4.19. The molecule has 1 aliphatic rings. The molecule has 0 heterocycles. The van der Waals surface area contributed by atoms with E-state index in [9.17, 15) is 9.59 Å². The van der Waals surface area contributed by atoms with E-state index in [1.807, 2.05) is 6.92 Å². The van der Waals surface area contributed by atoms with Gasteiger partial charge in [0.15, 0.2) is 0 Å². The van der Waals surface area contributed by atoms with Crippen molar-refractivity contribution in [3.8, 4) is 0 Å². The van der Waals surface area contributed by atoms with E-state index in [0.29, 0.717) is 12.3 Å². The van der Waals surface area contributed by atoms with Crippen molar-refractivity contribution in [2.75, 3.05) is 6.54 Å². The van der Waals surface area contributed by atoms with Gasteiger partial charge in [-0.15, -0.1) is 0 Å². The first-order chi connectivity index (χ1) is 9.56. The maximum absolute atomic E-state index is 11.8. The lowest BCUT2D eigenvalue weighted by Crippen LogP contribution is -2.46. The quantitative estimate of drug-likeness (QED) is 0.672. The van der Waals surface area contributed by atoms with Crippen molar-refractivity contribution in [2.45, 2.75) is 64.8 Å². The third-order valence-corrected chi connectivity index (χ3v) is 4.19. The van der Waals surface area contributed by atoms with Crippen LogP contribution in [0.1, 0.15) is 58.8 Å². The van der Waals surface area contributed by atoms with Crippen LogP contribution in [0.3, 0.4) is 0 Å². The van der Waals surface area contributed by atoms with Crippen molar-refractivity contribution < 1.29 is 14.7 Å². The molecule has 5 nitrogen and oxygen atoms in total. The molecule has 0 aliphatic heterocycles. The number of carboxylic acids is 1. The molecule has 0 aromatic carbocycles. The van der Waals surface area contributed by atoms with Crippen LogP contribution in [0, 0.1) is 11.8 Å². The molecule has 20 heavy (non-hydrogen) atoms. The number of hydrogen-bond acceptors (Lipinski definition) is 2. The minimum Gasteiger partial charge on any atom is -0.481 e. The second-order valence-electron chi connectivity index (χ2n) is 5.82. The number of amides is 2. The van der Waals surface area contributed by atoms with Crippen LogP contribution in [-0.2, 0) is 4.79 Å². The summed E-state index contributed by atoms with van der Waals surface area (Å²) in [6.45, 7) is 4.34. The summed E-state index contributed by atoms with van der Waals surface area (Å²) >= 11 is 0. The maximum Gasteiger partial charge on any atom is 0.315 e. The lowest BCUT2D eigenvalue weighted by molar-refractivity contribution is -0.141. The standard InChI is InChI=1S/C15H28N2O3/c1-3-6-12(14(18)19)10-16-15(20)17-13-8-5-7-11(4-2)9-13/h11-13H,3-10H2,1-2H3,(H,18,19)(H2,16,17,20). The zero-order valence-electron chi connectivity index (χ0n) is 12.7. The molecule has 0 aromatic heterocycles. The van der Waals surface area contributed by atoms with Crippen LogP contribution in [-0.4, -0.2) is 29.7 Å². The lowest BCUT2D eigenvalue weighted by Gasteiger charge is -2.29. The van der Waals surface area contributed by atoms with E-state index < -0.39 is 11.9 Å². The summed E-state index contributed by atoms with van der Waals surface area (Å²) in [5, 5.41) is 14.7. The summed E-state index contributed by atoms with van der Waals surface area (Å²) in [4.78, 5) is 22.8. The number of hydrogen-bond donors (Lipinski definition) is 3. The highest BCUT2D eigenvalue weighted by molar-refractivity contribution is 5.76. The van der Waals surface area contributed by atoms with Crippen molar-refractivity contribution >= 4 is 12.0 Å². The molecule has 0 aromatic rings. The largest absolute Gasteiger partial charge is 0.481 e. The fourth-order valence-electron chi connectivity index (χ4n) is 2.91. The van der Waals surface area contributed by atoms with E-state index in [4.69, 9.17) is 5.11 Å². The Kier molecular flexibility index (Phi) is 7.41. The second-order valence-corrected chi connectivity index (χ2v) is 5.82. The molecule has 3 unspecified atom stereocenters. The Morgan fingerprint density at radius 1 is 1.30 bits per heavy atom. The van der Waals surface area contributed by atoms with E-state index in [0.717, 1.165) is 32.1 Å². The molecule has 2 amide bonds. The maximum atomic E-state index is 11.8. The molecule has 5 heteroatoms. The van der Waals surface area contributed by atoms with Gasteiger partial charge in [-0.2, -0.15) is 0 Å². The van der Waals surface area contributed by atoms with Gasteiger partial charge in [0.25, 0.3) is 0 Å². The zero-order chi connectivity index (χ0) is 15.0. The Balaban J connectivity index is 2.30. The number of carbonyl (C=O) groups is 2. The van der Waals surface area contributed by atoms with Crippen molar-refractivity contribution in [3.05, 3.63) is 0 Å². The van der Waals surface area contributed by atoms with Crippen molar-refractivity contribution in [2.24, 2.45) is 11.8 Å². The Morgan fingerprint density at radius 2 is 2.05 bits per heavy atom. The highest BCUT2D eigenvalue weighted by Crippen LogP contribution is 2.26. The van der Waals surface area contributed by atoms with Crippen LogP contribution in [0.15, 0.2) is 0 Å². The molecule has 1 fully saturated rings. The molecule has 1 rings (SSSR count). The molecule has 3 N–H and O–H groups in total. The van der Waals surface area contributed by atoms with Crippen molar-refractivity contribution in [1.29, 1.82) is 0 Å². The molecule has 0 spiro atoms. The summed E-state index contributed by atoms with van der Waals surface area (Å²) in [6.07, 6.45) is 7.06. The summed E-state index contributed by atoms with van der Waals surface area (Å²) in [5.41, 5.74) is 0. The van der Waals surface area contributed by atoms with Crippen LogP contribution < -0.4 is 10.6 Å². The van der Waals surface area contributed by atoms with E-state index in [1.165, 1.54) is 6.42 Å². The minimum absolute atomic E-state index is 0.207. The van der Waals surface area contributed by atoms with Gasteiger partial charge in [-0.3, -0.25) is 4.79 Å².